The number of nitriles is 1. The maximum Gasteiger partial charge on any atom is 0.126 e. The Morgan fingerprint density at radius 2 is 1.63 bits per heavy atom. The van der Waals surface area contributed by atoms with E-state index in [0.717, 1.165) is 11.3 Å². The normalized spacial score (nSPS) is 9.84. The van der Waals surface area contributed by atoms with Crippen molar-refractivity contribution in [3.63, 3.8) is 0 Å². The molecule has 0 N–H and O–H groups in total. The minimum Gasteiger partial charge on any atom is -0.378 e. The summed E-state index contributed by atoms with van der Waals surface area (Å²) in [6.07, 6.45) is 10.5. The maximum atomic E-state index is 8.80. The van der Waals surface area contributed by atoms with E-state index >= 15 is 0 Å². The van der Waals surface area contributed by atoms with E-state index in [0.29, 0.717) is 0 Å². The first-order valence-electron chi connectivity index (χ1n) is 5.49. The van der Waals surface area contributed by atoms with Crippen LogP contribution < -0.4 is 4.90 Å². The van der Waals surface area contributed by atoms with Gasteiger partial charge in [0.25, 0.3) is 0 Å². The fourth-order valence-electron chi connectivity index (χ4n) is 1.31. The van der Waals surface area contributed by atoms with Crippen LogP contribution in [-0.2, 0) is 0 Å². The largest absolute Gasteiger partial charge is 0.378 e. The third-order valence-electron chi connectivity index (χ3n) is 2.37. The van der Waals surface area contributed by atoms with E-state index in [1.54, 1.807) is 0 Å². The summed E-state index contributed by atoms with van der Waals surface area (Å²) in [5, 5.41) is 8.80. The van der Waals surface area contributed by atoms with Crippen LogP contribution >= 0.6 is 0 Å². The van der Waals surface area contributed by atoms with Crippen molar-refractivity contribution < 1.29 is 0 Å². The summed E-state index contributed by atoms with van der Waals surface area (Å²) in [5.74, 6) is 10.2. The number of hydrogen-bond donors (Lipinski definition) is 0. The van der Waals surface area contributed by atoms with E-state index in [1.165, 1.54) is 0 Å². The van der Waals surface area contributed by atoms with Gasteiger partial charge in [-0.3, -0.25) is 0 Å². The molecule has 0 aromatic heterocycles. The zero-order chi connectivity index (χ0) is 14.3. The van der Waals surface area contributed by atoms with Gasteiger partial charge in [-0.15, -0.1) is 12.8 Å². The lowest BCUT2D eigenvalue weighted by Gasteiger charge is -2.11. The summed E-state index contributed by atoms with van der Waals surface area (Å²) in [5.41, 5.74) is 2.22. The van der Waals surface area contributed by atoms with E-state index in [2.05, 4.69) is 23.7 Å². The molecule has 0 aliphatic carbocycles. The molecule has 0 aliphatic rings. The third kappa shape index (κ3) is 3.71. The Balaban J connectivity index is 3.09. The number of benzene rings is 1. The number of anilines is 1. The SMILES string of the molecule is C#CC(C#N)=C(C#C)C#Cc1ccc(N(C)C)cc1. The van der Waals surface area contributed by atoms with Crippen LogP contribution in [0.1, 0.15) is 5.56 Å². The lowest BCUT2D eigenvalue weighted by molar-refractivity contribution is 1.13. The van der Waals surface area contributed by atoms with Crippen LogP contribution in [0.3, 0.4) is 0 Å². The molecule has 0 heterocycles. The fourth-order valence-corrected chi connectivity index (χ4v) is 1.31. The van der Waals surface area contributed by atoms with Crippen LogP contribution in [0.2, 0.25) is 0 Å². The van der Waals surface area contributed by atoms with Crippen LogP contribution in [0, 0.1) is 47.9 Å². The minimum atomic E-state index is 0.0833. The predicted octanol–water partition coefficient (Wildman–Crippen LogP) is 2.19. The minimum absolute atomic E-state index is 0.0833. The van der Waals surface area contributed by atoms with Crippen LogP contribution in [0.25, 0.3) is 0 Å². The van der Waals surface area contributed by atoms with E-state index in [9.17, 15) is 0 Å². The Kier molecular flexibility index (Phi) is 4.87. The summed E-state index contributed by atoms with van der Waals surface area (Å²) in [7, 11) is 3.93. The highest BCUT2D eigenvalue weighted by Gasteiger charge is 1.97. The zero-order valence-electron chi connectivity index (χ0n) is 10.9. The smallest absolute Gasteiger partial charge is 0.126 e. The Hall–Kier alpha value is -3.07. The van der Waals surface area contributed by atoms with Gasteiger partial charge in [0.05, 0.1) is 0 Å². The molecule has 0 saturated heterocycles. The molecule has 1 aromatic rings. The summed E-state index contributed by atoms with van der Waals surface area (Å²) in [4.78, 5) is 2.00. The summed E-state index contributed by atoms with van der Waals surface area (Å²) in [6, 6.07) is 9.54. The second-order valence-electron chi connectivity index (χ2n) is 3.84. The Morgan fingerprint density at radius 1 is 1.05 bits per heavy atom. The van der Waals surface area contributed by atoms with Gasteiger partial charge in [0.1, 0.15) is 17.2 Å². The van der Waals surface area contributed by atoms with Crippen molar-refractivity contribution in [3.8, 4) is 42.6 Å². The Morgan fingerprint density at radius 3 is 2.05 bits per heavy atom. The Labute approximate surface area is 114 Å². The molecule has 0 aliphatic heterocycles. The molecule has 0 saturated carbocycles. The monoisotopic (exact) mass is 244 g/mol. The molecule has 0 unspecified atom stereocenters. The van der Waals surface area contributed by atoms with Crippen LogP contribution in [0.4, 0.5) is 5.69 Å². The molecule has 0 fully saturated rings. The van der Waals surface area contributed by atoms with Gasteiger partial charge < -0.3 is 4.90 Å². The molecule has 2 nitrogen and oxygen atoms in total. The first-order valence-corrected chi connectivity index (χ1v) is 5.49. The highest BCUT2D eigenvalue weighted by Crippen LogP contribution is 2.11. The number of rotatable bonds is 1. The molecule has 0 bridgehead atoms. The highest BCUT2D eigenvalue weighted by molar-refractivity contribution is 5.59. The molecule has 0 radical (unpaired) electrons. The van der Waals surface area contributed by atoms with Gasteiger partial charge in [-0.2, -0.15) is 5.26 Å². The first kappa shape index (κ1) is 14.0. The second kappa shape index (κ2) is 6.61. The van der Waals surface area contributed by atoms with E-state index in [-0.39, 0.29) is 11.1 Å². The molecular weight excluding hydrogens is 232 g/mol. The molecule has 0 amide bonds. The van der Waals surface area contributed by atoms with Gasteiger partial charge in [0.2, 0.25) is 0 Å². The van der Waals surface area contributed by atoms with Gasteiger partial charge in [0.15, 0.2) is 0 Å². The molecule has 0 atom stereocenters. The lowest BCUT2D eigenvalue weighted by atomic mass is 10.1. The van der Waals surface area contributed by atoms with Gasteiger partial charge >= 0.3 is 0 Å². The number of terminal acetylenes is 2. The number of allylic oxidation sites excluding steroid dienone is 2. The highest BCUT2D eigenvalue weighted by atomic mass is 15.1. The summed E-state index contributed by atoms with van der Waals surface area (Å²) >= 11 is 0. The van der Waals surface area contributed by atoms with Gasteiger partial charge in [0, 0.05) is 25.3 Å². The Bertz CT molecular complexity index is 656. The molecule has 1 rings (SSSR count). The first-order chi connectivity index (χ1) is 9.12. The fraction of sp³-hybridized carbons (Fsp3) is 0.118. The van der Waals surface area contributed by atoms with Crippen molar-refractivity contribution in [3.05, 3.63) is 41.0 Å². The molecule has 1 aromatic carbocycles. The topological polar surface area (TPSA) is 27.0 Å². The molecule has 0 spiro atoms. The average molecular weight is 244 g/mol. The summed E-state index contributed by atoms with van der Waals surface area (Å²) < 4.78 is 0. The van der Waals surface area contributed by atoms with Gasteiger partial charge in [-0.05, 0) is 24.3 Å². The van der Waals surface area contributed by atoms with Crippen molar-refractivity contribution in [2.45, 2.75) is 0 Å². The average Bonchev–Trinajstić information content (AvgIpc) is 2.43. The third-order valence-corrected chi connectivity index (χ3v) is 2.37. The predicted molar refractivity (Wildman–Crippen MR) is 78.0 cm³/mol. The lowest BCUT2D eigenvalue weighted by Crippen LogP contribution is -2.07. The van der Waals surface area contributed by atoms with E-state index < -0.39 is 0 Å². The van der Waals surface area contributed by atoms with Crippen LogP contribution in [0.15, 0.2) is 35.4 Å². The van der Waals surface area contributed by atoms with E-state index in [4.69, 9.17) is 18.1 Å². The standard InChI is InChI=1S/C17H12N2/c1-5-15(16(6-2)13-18)10-7-14-8-11-17(12-9-14)19(3)4/h1-2,8-9,11-12H,3-4H3. The number of hydrogen-bond acceptors (Lipinski definition) is 2. The second-order valence-corrected chi connectivity index (χ2v) is 3.84. The van der Waals surface area contributed by atoms with Crippen molar-refractivity contribution in [1.82, 2.24) is 0 Å². The maximum absolute atomic E-state index is 8.80. The van der Waals surface area contributed by atoms with Gasteiger partial charge in [-0.25, -0.2) is 0 Å². The molecule has 2 heteroatoms. The van der Waals surface area contributed by atoms with Crippen molar-refractivity contribution in [1.29, 1.82) is 5.26 Å². The van der Waals surface area contributed by atoms with E-state index in [1.807, 2.05) is 49.3 Å². The number of nitrogens with zero attached hydrogens (tertiary/aromatic N) is 2. The van der Waals surface area contributed by atoms with Crippen LogP contribution in [0.5, 0.6) is 0 Å². The molecule has 19 heavy (non-hydrogen) atoms. The van der Waals surface area contributed by atoms with Crippen molar-refractivity contribution >= 4 is 5.69 Å². The molecular formula is C17H12N2. The quantitative estimate of drug-likeness (QED) is 0.559. The van der Waals surface area contributed by atoms with Crippen molar-refractivity contribution in [2.24, 2.45) is 0 Å². The molecule has 90 valence electrons. The van der Waals surface area contributed by atoms with Gasteiger partial charge in [-0.1, -0.05) is 23.7 Å². The zero-order valence-corrected chi connectivity index (χ0v) is 10.9. The summed E-state index contributed by atoms with van der Waals surface area (Å²) in [6.45, 7) is 0. The van der Waals surface area contributed by atoms with Crippen molar-refractivity contribution in [2.75, 3.05) is 19.0 Å². The van der Waals surface area contributed by atoms with Crippen LogP contribution in [-0.4, -0.2) is 14.1 Å².